The van der Waals surface area contributed by atoms with E-state index in [2.05, 4.69) is 0 Å². The molecular formula is C10H11Cl7. The molecule has 0 aliphatic heterocycles. The lowest BCUT2D eigenvalue weighted by molar-refractivity contribution is 0.156. The fourth-order valence-corrected chi connectivity index (χ4v) is 7.67. The summed E-state index contributed by atoms with van der Waals surface area (Å²) in [6.45, 7) is 0. The van der Waals surface area contributed by atoms with Crippen LogP contribution >= 0.6 is 81.2 Å². The van der Waals surface area contributed by atoms with E-state index in [1.807, 2.05) is 0 Å². The molecule has 7 heteroatoms. The number of halogens is 7. The fourth-order valence-electron chi connectivity index (χ4n) is 3.56. The fraction of sp³-hybridized carbons (Fsp3) is 1.00. The van der Waals surface area contributed by atoms with Crippen LogP contribution in [0.2, 0.25) is 0 Å². The van der Waals surface area contributed by atoms with Gasteiger partial charge in [-0.1, -0.05) is 0 Å². The van der Waals surface area contributed by atoms with Crippen LogP contribution < -0.4 is 0 Å². The van der Waals surface area contributed by atoms with Crippen molar-refractivity contribution in [1.82, 2.24) is 0 Å². The Hall–Kier alpha value is 2.03. The highest BCUT2D eigenvalue weighted by atomic mass is 35.5. The molecule has 5 atom stereocenters. The summed E-state index contributed by atoms with van der Waals surface area (Å²) in [6.07, 6.45) is 0.605. The second-order valence-electron chi connectivity index (χ2n) is 4.86. The summed E-state index contributed by atoms with van der Waals surface area (Å²) < 4.78 is 0. The van der Waals surface area contributed by atoms with Gasteiger partial charge in [0.15, 0.2) is 0 Å². The molecule has 2 aliphatic rings. The first kappa shape index (κ1) is 15.4. The number of hydrogen-bond donors (Lipinski definition) is 0. The van der Waals surface area contributed by atoms with Gasteiger partial charge in [0.1, 0.15) is 4.84 Å². The number of alkyl halides is 7. The maximum Gasteiger partial charge on any atom is 0.115 e. The molecule has 0 nitrogen and oxygen atoms in total. The van der Waals surface area contributed by atoms with E-state index in [-0.39, 0.29) is 22.0 Å². The predicted molar refractivity (Wildman–Crippen MR) is 78.8 cm³/mol. The van der Waals surface area contributed by atoms with Gasteiger partial charge in [-0.05, 0) is 6.42 Å². The quantitative estimate of drug-likeness (QED) is 0.599. The lowest BCUT2D eigenvalue weighted by atomic mass is 9.70. The zero-order valence-electron chi connectivity index (χ0n) is 8.65. The van der Waals surface area contributed by atoms with Crippen molar-refractivity contribution in [2.45, 2.75) is 27.4 Å². The summed E-state index contributed by atoms with van der Waals surface area (Å²) >= 11 is 43.8. The van der Waals surface area contributed by atoms with Gasteiger partial charge in [-0.15, -0.1) is 81.2 Å². The molecule has 0 N–H and O–H groups in total. The normalized spacial score (nSPS) is 48.0. The molecular weight excluding hydrogens is 368 g/mol. The van der Waals surface area contributed by atoms with Gasteiger partial charge in [0.2, 0.25) is 0 Å². The molecule has 2 bridgehead atoms. The molecule has 0 amide bonds. The summed E-state index contributed by atoms with van der Waals surface area (Å²) in [5.41, 5.74) is -1.10. The lowest BCUT2D eigenvalue weighted by Crippen LogP contribution is -2.48. The van der Waals surface area contributed by atoms with Gasteiger partial charge in [0, 0.05) is 33.9 Å². The highest BCUT2D eigenvalue weighted by molar-refractivity contribution is 6.46. The molecule has 0 spiro atoms. The molecule has 0 radical (unpaired) electrons. The van der Waals surface area contributed by atoms with E-state index < -0.39 is 15.7 Å². The Bertz CT molecular complexity index is 303. The molecule has 0 saturated heterocycles. The average molecular weight is 379 g/mol. The smallest absolute Gasteiger partial charge is 0.115 e. The first-order valence-corrected chi connectivity index (χ1v) is 8.46. The number of hydrogen-bond acceptors (Lipinski definition) is 0. The van der Waals surface area contributed by atoms with Crippen LogP contribution in [0.25, 0.3) is 0 Å². The highest BCUT2D eigenvalue weighted by Crippen LogP contribution is 2.73. The first-order valence-electron chi connectivity index (χ1n) is 5.21. The summed E-state index contributed by atoms with van der Waals surface area (Å²) in [6, 6.07) is 0. The van der Waals surface area contributed by atoms with Crippen molar-refractivity contribution in [3.63, 3.8) is 0 Å². The minimum atomic E-state index is -0.683. The molecule has 0 aromatic carbocycles. The van der Waals surface area contributed by atoms with Crippen molar-refractivity contribution in [2.24, 2.45) is 16.7 Å². The lowest BCUT2D eigenvalue weighted by Gasteiger charge is -2.43. The standard InChI is InChI=1S/C10H11Cl7/c11-2-9(3-12)5-4(13)1-10(9,8(16)17)7(15)6(5)14/h4-8H,1-3H2/t4-,5?,6+,7-,10?/m0/s1. The molecule has 0 aromatic rings. The van der Waals surface area contributed by atoms with Crippen molar-refractivity contribution in [2.75, 3.05) is 11.8 Å². The molecule has 17 heavy (non-hydrogen) atoms. The maximum atomic E-state index is 6.44. The van der Waals surface area contributed by atoms with E-state index in [9.17, 15) is 0 Å². The Morgan fingerprint density at radius 1 is 1.06 bits per heavy atom. The Morgan fingerprint density at radius 3 is 1.94 bits per heavy atom. The second kappa shape index (κ2) is 5.10. The molecule has 0 heterocycles. The third kappa shape index (κ3) is 1.71. The molecule has 2 unspecified atom stereocenters. The molecule has 100 valence electrons. The summed E-state index contributed by atoms with van der Waals surface area (Å²) in [5.74, 6) is 0.572. The van der Waals surface area contributed by atoms with Crippen molar-refractivity contribution in [3.8, 4) is 0 Å². The van der Waals surface area contributed by atoms with Gasteiger partial charge in [-0.25, -0.2) is 0 Å². The van der Waals surface area contributed by atoms with E-state index in [4.69, 9.17) is 81.2 Å². The second-order valence-corrected chi connectivity index (χ2v) is 8.02. The molecule has 0 aromatic heterocycles. The van der Waals surface area contributed by atoms with Gasteiger partial charge in [-0.3, -0.25) is 0 Å². The van der Waals surface area contributed by atoms with Crippen LogP contribution in [0.15, 0.2) is 0 Å². The zero-order valence-corrected chi connectivity index (χ0v) is 13.9. The molecule has 2 aliphatic carbocycles. The highest BCUT2D eigenvalue weighted by Gasteiger charge is 2.76. The van der Waals surface area contributed by atoms with Crippen LogP contribution in [0, 0.1) is 16.7 Å². The molecule has 2 saturated carbocycles. The summed E-state index contributed by atoms with van der Waals surface area (Å²) in [5, 5.41) is -0.794. The van der Waals surface area contributed by atoms with Crippen molar-refractivity contribution < 1.29 is 0 Å². The predicted octanol–water partition coefficient (Wildman–Crippen LogP) is 5.10. The van der Waals surface area contributed by atoms with E-state index in [1.54, 1.807) is 0 Å². The minimum absolute atomic E-state index is 0.0525. The van der Waals surface area contributed by atoms with Crippen LogP contribution in [-0.4, -0.2) is 32.7 Å². The van der Waals surface area contributed by atoms with Crippen LogP contribution in [0.4, 0.5) is 0 Å². The first-order chi connectivity index (χ1) is 7.89. The Kier molecular flexibility index (Phi) is 4.62. The van der Waals surface area contributed by atoms with E-state index in [0.717, 1.165) is 0 Å². The number of fused-ring (bicyclic) bond motifs is 2. The van der Waals surface area contributed by atoms with Crippen LogP contribution in [-0.2, 0) is 0 Å². The van der Waals surface area contributed by atoms with Crippen LogP contribution in [0.5, 0.6) is 0 Å². The Labute approximate surface area is 136 Å². The topological polar surface area (TPSA) is 0 Å². The average Bonchev–Trinajstić information content (AvgIpc) is 2.65. The SMILES string of the molecule is ClCC1(CCl)C2[C@@H](Cl)[C@H](Cl)C1(C(Cl)Cl)C[C@@H]2Cl. The summed E-state index contributed by atoms with van der Waals surface area (Å²) in [7, 11) is 0. The van der Waals surface area contributed by atoms with Gasteiger partial charge < -0.3 is 0 Å². The molecule has 2 fully saturated rings. The third-order valence-corrected chi connectivity index (χ3v) is 7.94. The van der Waals surface area contributed by atoms with Crippen molar-refractivity contribution >= 4 is 81.2 Å². The van der Waals surface area contributed by atoms with Crippen molar-refractivity contribution in [1.29, 1.82) is 0 Å². The third-order valence-electron chi connectivity index (χ3n) is 4.47. The van der Waals surface area contributed by atoms with E-state index in [1.165, 1.54) is 0 Å². The summed E-state index contributed by atoms with van der Waals surface area (Å²) in [4.78, 5) is -0.683. The van der Waals surface area contributed by atoms with Crippen LogP contribution in [0.1, 0.15) is 6.42 Å². The number of rotatable bonds is 3. The van der Waals surface area contributed by atoms with Crippen molar-refractivity contribution in [3.05, 3.63) is 0 Å². The van der Waals surface area contributed by atoms with Gasteiger partial charge >= 0.3 is 0 Å². The molecule has 2 rings (SSSR count). The Morgan fingerprint density at radius 2 is 1.59 bits per heavy atom. The van der Waals surface area contributed by atoms with Crippen LogP contribution in [0.3, 0.4) is 0 Å². The van der Waals surface area contributed by atoms with E-state index >= 15 is 0 Å². The van der Waals surface area contributed by atoms with Gasteiger partial charge in [-0.2, -0.15) is 0 Å². The monoisotopic (exact) mass is 376 g/mol. The van der Waals surface area contributed by atoms with E-state index in [0.29, 0.717) is 18.2 Å². The largest absolute Gasteiger partial charge is 0.126 e. The zero-order chi connectivity index (χ0) is 13.0. The van der Waals surface area contributed by atoms with Gasteiger partial charge in [0.05, 0.1) is 10.8 Å². The minimum Gasteiger partial charge on any atom is -0.126 e. The van der Waals surface area contributed by atoms with Gasteiger partial charge in [0.25, 0.3) is 0 Å². The Balaban J connectivity index is 2.58. The maximum absolute atomic E-state index is 6.44.